The molecule has 2 aromatic rings. The maximum atomic E-state index is 12.8. The van der Waals surface area contributed by atoms with Crippen LogP contribution in [-0.4, -0.2) is 25.7 Å². The second-order valence-corrected chi connectivity index (χ2v) is 8.30. The summed E-state index contributed by atoms with van der Waals surface area (Å²) in [7, 11) is 0. The van der Waals surface area contributed by atoms with Gasteiger partial charge in [0.1, 0.15) is 13.2 Å². The first-order chi connectivity index (χ1) is 14.7. The monoisotopic (exact) mass is 404 g/mol. The molecule has 1 amide bonds. The predicted molar refractivity (Wildman–Crippen MR) is 115 cm³/mol. The van der Waals surface area contributed by atoms with E-state index in [1.807, 2.05) is 36.4 Å². The molecule has 2 aromatic carbocycles. The summed E-state index contributed by atoms with van der Waals surface area (Å²) in [6.45, 7) is 1.76. The maximum Gasteiger partial charge on any atom is 0.220 e. The van der Waals surface area contributed by atoms with Crippen molar-refractivity contribution in [2.75, 3.05) is 19.8 Å². The fourth-order valence-electron chi connectivity index (χ4n) is 4.70. The van der Waals surface area contributed by atoms with Crippen LogP contribution in [0.25, 0.3) is 0 Å². The third kappa shape index (κ3) is 4.43. The van der Waals surface area contributed by atoms with Crippen LogP contribution in [-0.2, 0) is 10.2 Å². The SMILES string of the molecule is N#CCC(CC(=O)NCC1(c2ccc3c(c2)OCCO3)CCCC1)c1ccccc1. The van der Waals surface area contributed by atoms with E-state index < -0.39 is 0 Å². The van der Waals surface area contributed by atoms with E-state index in [4.69, 9.17) is 9.47 Å². The number of nitriles is 1. The van der Waals surface area contributed by atoms with Gasteiger partial charge in [-0.1, -0.05) is 49.2 Å². The van der Waals surface area contributed by atoms with Crippen LogP contribution in [0.2, 0.25) is 0 Å². The van der Waals surface area contributed by atoms with Crippen LogP contribution >= 0.6 is 0 Å². The van der Waals surface area contributed by atoms with Crippen molar-refractivity contribution in [3.05, 3.63) is 59.7 Å². The van der Waals surface area contributed by atoms with Crippen molar-refractivity contribution in [2.45, 2.75) is 49.9 Å². The molecule has 2 aliphatic rings. The second kappa shape index (κ2) is 9.21. The molecule has 1 saturated carbocycles. The Labute approximate surface area is 178 Å². The third-order valence-corrected chi connectivity index (χ3v) is 6.38. The lowest BCUT2D eigenvalue weighted by molar-refractivity contribution is -0.121. The Balaban J connectivity index is 1.45. The zero-order chi connectivity index (χ0) is 20.8. The van der Waals surface area contributed by atoms with Crippen LogP contribution < -0.4 is 14.8 Å². The zero-order valence-electron chi connectivity index (χ0n) is 17.2. The Morgan fingerprint density at radius 2 is 1.80 bits per heavy atom. The minimum absolute atomic E-state index is 0.00271. The van der Waals surface area contributed by atoms with E-state index >= 15 is 0 Å². The zero-order valence-corrected chi connectivity index (χ0v) is 17.2. The smallest absolute Gasteiger partial charge is 0.220 e. The van der Waals surface area contributed by atoms with Gasteiger partial charge in [0.15, 0.2) is 11.5 Å². The molecule has 1 fully saturated rings. The van der Waals surface area contributed by atoms with Crippen LogP contribution in [0.4, 0.5) is 0 Å². The highest BCUT2D eigenvalue weighted by Gasteiger charge is 2.37. The van der Waals surface area contributed by atoms with Crippen LogP contribution in [0, 0.1) is 11.3 Å². The van der Waals surface area contributed by atoms with Gasteiger partial charge < -0.3 is 14.8 Å². The first kappa shape index (κ1) is 20.3. The number of ether oxygens (including phenoxy) is 2. The lowest BCUT2D eigenvalue weighted by Crippen LogP contribution is -2.39. The predicted octanol–water partition coefficient (Wildman–Crippen LogP) is 4.47. The number of hydrogen-bond acceptors (Lipinski definition) is 4. The first-order valence-electron chi connectivity index (χ1n) is 10.8. The minimum atomic E-state index is -0.0787. The fraction of sp³-hybridized carbons (Fsp3) is 0.440. The molecule has 5 nitrogen and oxygen atoms in total. The standard InChI is InChI=1S/C25H28N2O3/c26-13-10-20(19-6-2-1-3-7-19)16-24(28)27-18-25(11-4-5-12-25)21-8-9-22-23(17-21)30-15-14-29-22/h1-3,6-9,17,20H,4-5,10-12,14-16,18H2,(H,27,28). The summed E-state index contributed by atoms with van der Waals surface area (Å²) in [5.41, 5.74) is 2.18. The molecule has 0 aromatic heterocycles. The van der Waals surface area contributed by atoms with Gasteiger partial charge in [-0.3, -0.25) is 4.79 Å². The van der Waals surface area contributed by atoms with Crippen LogP contribution in [0.15, 0.2) is 48.5 Å². The van der Waals surface area contributed by atoms with E-state index in [2.05, 4.69) is 23.5 Å². The molecule has 1 aliphatic heterocycles. The Morgan fingerprint density at radius 1 is 1.07 bits per heavy atom. The molecule has 1 unspecified atom stereocenters. The molecular formula is C25H28N2O3. The van der Waals surface area contributed by atoms with Crippen molar-refractivity contribution in [2.24, 2.45) is 0 Å². The topological polar surface area (TPSA) is 71.4 Å². The largest absolute Gasteiger partial charge is 0.486 e. The van der Waals surface area contributed by atoms with Crippen molar-refractivity contribution in [1.82, 2.24) is 5.32 Å². The summed E-state index contributed by atoms with van der Waals surface area (Å²) in [6, 6.07) is 18.3. The lowest BCUT2D eigenvalue weighted by atomic mass is 9.78. The molecular weight excluding hydrogens is 376 g/mol. The van der Waals surface area contributed by atoms with Gasteiger partial charge in [0.25, 0.3) is 0 Å². The van der Waals surface area contributed by atoms with Crippen molar-refractivity contribution in [1.29, 1.82) is 5.26 Å². The number of carbonyl (C=O) groups is 1. The van der Waals surface area contributed by atoms with E-state index in [0.29, 0.717) is 32.6 Å². The summed E-state index contributed by atoms with van der Waals surface area (Å²) < 4.78 is 11.4. The summed E-state index contributed by atoms with van der Waals surface area (Å²) in [4.78, 5) is 12.8. The Morgan fingerprint density at radius 3 is 2.53 bits per heavy atom. The highest BCUT2D eigenvalue weighted by atomic mass is 16.6. The number of hydrogen-bond donors (Lipinski definition) is 1. The number of fused-ring (bicyclic) bond motifs is 1. The highest BCUT2D eigenvalue weighted by molar-refractivity contribution is 5.77. The first-order valence-corrected chi connectivity index (χ1v) is 10.8. The second-order valence-electron chi connectivity index (χ2n) is 8.30. The van der Waals surface area contributed by atoms with E-state index in [1.54, 1.807) is 0 Å². The van der Waals surface area contributed by atoms with Crippen molar-refractivity contribution in [3.8, 4) is 17.6 Å². The molecule has 0 saturated heterocycles. The van der Waals surface area contributed by atoms with Crippen molar-refractivity contribution in [3.63, 3.8) is 0 Å². The molecule has 1 aliphatic carbocycles. The highest BCUT2D eigenvalue weighted by Crippen LogP contribution is 2.44. The summed E-state index contributed by atoms with van der Waals surface area (Å²) in [6.07, 6.45) is 5.08. The molecule has 0 spiro atoms. The number of nitrogens with zero attached hydrogens (tertiary/aromatic N) is 1. The van der Waals surface area contributed by atoms with Crippen LogP contribution in [0.3, 0.4) is 0 Å². The quantitative estimate of drug-likeness (QED) is 0.739. The number of carbonyl (C=O) groups excluding carboxylic acids is 1. The van der Waals surface area contributed by atoms with Gasteiger partial charge >= 0.3 is 0 Å². The molecule has 156 valence electrons. The third-order valence-electron chi connectivity index (χ3n) is 6.38. The van der Waals surface area contributed by atoms with E-state index in [-0.39, 0.29) is 17.2 Å². The minimum Gasteiger partial charge on any atom is -0.486 e. The number of rotatable bonds is 7. The molecule has 1 N–H and O–H groups in total. The molecule has 0 radical (unpaired) electrons. The molecule has 0 bridgehead atoms. The average Bonchev–Trinajstić information content (AvgIpc) is 3.28. The Hall–Kier alpha value is -3.00. The van der Waals surface area contributed by atoms with Crippen LogP contribution in [0.1, 0.15) is 55.6 Å². The average molecular weight is 405 g/mol. The number of amides is 1. The summed E-state index contributed by atoms with van der Waals surface area (Å²) >= 11 is 0. The van der Waals surface area contributed by atoms with E-state index in [0.717, 1.165) is 42.7 Å². The van der Waals surface area contributed by atoms with Gasteiger partial charge in [0.2, 0.25) is 5.91 Å². The van der Waals surface area contributed by atoms with Gasteiger partial charge in [-0.2, -0.15) is 5.26 Å². The number of benzene rings is 2. The number of nitrogens with one attached hydrogen (secondary N) is 1. The maximum absolute atomic E-state index is 12.8. The summed E-state index contributed by atoms with van der Waals surface area (Å²) in [5, 5.41) is 12.4. The van der Waals surface area contributed by atoms with E-state index in [1.165, 1.54) is 5.56 Å². The lowest BCUT2D eigenvalue weighted by Gasteiger charge is -2.31. The van der Waals surface area contributed by atoms with Crippen molar-refractivity contribution < 1.29 is 14.3 Å². The van der Waals surface area contributed by atoms with Crippen LogP contribution in [0.5, 0.6) is 11.5 Å². The van der Waals surface area contributed by atoms with Gasteiger partial charge in [0.05, 0.1) is 6.07 Å². The summed E-state index contributed by atoms with van der Waals surface area (Å²) in [5.74, 6) is 1.52. The molecule has 30 heavy (non-hydrogen) atoms. The molecule has 5 heteroatoms. The molecule has 1 heterocycles. The Bertz CT molecular complexity index is 914. The Kier molecular flexibility index (Phi) is 6.23. The normalized spacial score (nSPS) is 17.7. The van der Waals surface area contributed by atoms with Gasteiger partial charge in [-0.05, 0) is 36.1 Å². The van der Waals surface area contributed by atoms with Gasteiger partial charge in [-0.15, -0.1) is 0 Å². The van der Waals surface area contributed by atoms with Crippen molar-refractivity contribution >= 4 is 5.91 Å². The molecule has 4 rings (SSSR count). The molecule has 1 atom stereocenters. The fourth-order valence-corrected chi connectivity index (χ4v) is 4.70. The van der Waals surface area contributed by atoms with Gasteiger partial charge in [-0.25, -0.2) is 0 Å². The van der Waals surface area contributed by atoms with Gasteiger partial charge in [0, 0.05) is 30.7 Å². The van der Waals surface area contributed by atoms with E-state index in [9.17, 15) is 10.1 Å².